The van der Waals surface area contributed by atoms with E-state index in [1.807, 2.05) is 0 Å². The minimum Gasteiger partial charge on any atom is -0.385 e. The van der Waals surface area contributed by atoms with Crippen molar-refractivity contribution in [3.05, 3.63) is 18.0 Å². The molecule has 1 aromatic heterocycles. The summed E-state index contributed by atoms with van der Waals surface area (Å²) in [6, 6.07) is 1.62. The Morgan fingerprint density at radius 2 is 2.60 bits per heavy atom. The van der Waals surface area contributed by atoms with Crippen LogP contribution in [0.5, 0.6) is 0 Å². The maximum atomic E-state index is 9.19. The minimum atomic E-state index is -0.611. The third-order valence-corrected chi connectivity index (χ3v) is 1.39. The normalized spacial score (nSPS) is 13.4. The smallest absolute Gasteiger partial charge is 0.165 e. The van der Waals surface area contributed by atoms with Gasteiger partial charge in [0.1, 0.15) is 6.10 Å². The zero-order valence-electron chi connectivity index (χ0n) is 5.33. The van der Waals surface area contributed by atoms with Gasteiger partial charge in [-0.15, -0.1) is 11.6 Å². The molecule has 0 spiro atoms. The van der Waals surface area contributed by atoms with Gasteiger partial charge in [0.05, 0.1) is 6.20 Å². The van der Waals surface area contributed by atoms with Gasteiger partial charge in [-0.05, 0) is 6.42 Å². The predicted octanol–water partition coefficient (Wildman–Crippen LogP) is 1.34. The van der Waals surface area contributed by atoms with Crippen molar-refractivity contribution in [3.8, 4) is 0 Å². The Balaban J connectivity index is 2.50. The molecule has 1 aromatic rings. The van der Waals surface area contributed by atoms with Crippen molar-refractivity contribution in [1.82, 2.24) is 5.16 Å². The summed E-state index contributed by atoms with van der Waals surface area (Å²) in [5.41, 5.74) is 0. The quantitative estimate of drug-likeness (QED) is 0.681. The molecule has 1 heterocycles. The molecule has 1 N–H and O–H groups in total. The molecule has 1 rings (SSSR count). The first-order valence-corrected chi connectivity index (χ1v) is 3.52. The van der Waals surface area contributed by atoms with Crippen molar-refractivity contribution >= 4 is 11.6 Å². The highest BCUT2D eigenvalue weighted by Gasteiger charge is 2.09. The van der Waals surface area contributed by atoms with Crippen LogP contribution in [-0.2, 0) is 0 Å². The number of halogens is 1. The molecule has 0 saturated heterocycles. The Hall–Kier alpha value is -0.540. The van der Waals surface area contributed by atoms with Gasteiger partial charge in [-0.1, -0.05) is 5.16 Å². The number of alkyl halides is 1. The van der Waals surface area contributed by atoms with E-state index >= 15 is 0 Å². The Morgan fingerprint density at radius 3 is 3.10 bits per heavy atom. The number of aliphatic hydroxyl groups is 1. The SMILES string of the molecule is O[C@H](CCCl)c1ccno1. The van der Waals surface area contributed by atoms with Gasteiger partial charge >= 0.3 is 0 Å². The van der Waals surface area contributed by atoms with E-state index in [4.69, 9.17) is 11.6 Å². The van der Waals surface area contributed by atoms with Crippen LogP contribution < -0.4 is 0 Å². The second-order valence-electron chi connectivity index (χ2n) is 1.91. The second-order valence-corrected chi connectivity index (χ2v) is 2.29. The van der Waals surface area contributed by atoms with E-state index in [2.05, 4.69) is 9.68 Å². The van der Waals surface area contributed by atoms with Crippen molar-refractivity contribution in [2.24, 2.45) is 0 Å². The van der Waals surface area contributed by atoms with E-state index in [1.54, 1.807) is 6.07 Å². The van der Waals surface area contributed by atoms with Crippen LogP contribution in [0.3, 0.4) is 0 Å². The summed E-state index contributed by atoms with van der Waals surface area (Å²) in [7, 11) is 0. The molecular weight excluding hydrogens is 154 g/mol. The Labute approximate surface area is 63.6 Å². The van der Waals surface area contributed by atoms with Crippen LogP contribution in [0.25, 0.3) is 0 Å². The van der Waals surface area contributed by atoms with Crippen molar-refractivity contribution in [3.63, 3.8) is 0 Å². The summed E-state index contributed by atoms with van der Waals surface area (Å²) in [5, 5.41) is 12.6. The molecule has 0 aliphatic rings. The van der Waals surface area contributed by atoms with Crippen molar-refractivity contribution in [1.29, 1.82) is 0 Å². The van der Waals surface area contributed by atoms with Crippen molar-refractivity contribution in [2.45, 2.75) is 12.5 Å². The zero-order valence-corrected chi connectivity index (χ0v) is 6.08. The standard InChI is InChI=1S/C6H8ClNO2/c7-3-1-5(9)6-2-4-8-10-6/h2,4-5,9H,1,3H2/t5-/m1/s1. The van der Waals surface area contributed by atoms with E-state index < -0.39 is 6.10 Å². The minimum absolute atomic E-state index is 0.419. The highest BCUT2D eigenvalue weighted by Crippen LogP contribution is 2.15. The molecule has 0 amide bonds. The summed E-state index contributed by atoms with van der Waals surface area (Å²) in [6.45, 7) is 0. The molecule has 0 unspecified atom stereocenters. The molecule has 0 saturated carbocycles. The van der Waals surface area contributed by atoms with Crippen LogP contribution in [0, 0.1) is 0 Å². The molecule has 0 aromatic carbocycles. The van der Waals surface area contributed by atoms with Gasteiger partial charge in [-0.2, -0.15) is 0 Å². The molecule has 0 bridgehead atoms. The number of hydrogen-bond donors (Lipinski definition) is 1. The first-order chi connectivity index (χ1) is 4.84. The molecular formula is C6H8ClNO2. The van der Waals surface area contributed by atoms with E-state index in [9.17, 15) is 5.11 Å². The number of rotatable bonds is 3. The lowest BCUT2D eigenvalue weighted by Crippen LogP contribution is -1.95. The van der Waals surface area contributed by atoms with Gasteiger partial charge in [-0.25, -0.2) is 0 Å². The average molecular weight is 162 g/mol. The van der Waals surface area contributed by atoms with Gasteiger partial charge in [0, 0.05) is 11.9 Å². The van der Waals surface area contributed by atoms with Crippen molar-refractivity contribution in [2.75, 3.05) is 5.88 Å². The van der Waals surface area contributed by atoms with E-state index in [-0.39, 0.29) is 0 Å². The Kier molecular flexibility index (Phi) is 2.71. The lowest BCUT2D eigenvalue weighted by Gasteiger charge is -2.01. The van der Waals surface area contributed by atoms with E-state index in [0.29, 0.717) is 18.1 Å². The molecule has 4 heteroatoms. The monoisotopic (exact) mass is 161 g/mol. The average Bonchev–Trinajstić information content (AvgIpc) is 2.38. The van der Waals surface area contributed by atoms with Gasteiger partial charge in [0.25, 0.3) is 0 Å². The zero-order chi connectivity index (χ0) is 7.40. The van der Waals surface area contributed by atoms with Gasteiger partial charge < -0.3 is 9.63 Å². The fourth-order valence-electron chi connectivity index (χ4n) is 0.643. The van der Waals surface area contributed by atoms with Crippen LogP contribution in [0.15, 0.2) is 16.8 Å². The van der Waals surface area contributed by atoms with E-state index in [0.717, 1.165) is 0 Å². The molecule has 10 heavy (non-hydrogen) atoms. The van der Waals surface area contributed by atoms with Crippen LogP contribution in [-0.4, -0.2) is 16.1 Å². The maximum Gasteiger partial charge on any atom is 0.165 e. The van der Waals surface area contributed by atoms with Crippen LogP contribution in [0.1, 0.15) is 18.3 Å². The highest BCUT2D eigenvalue weighted by molar-refractivity contribution is 6.17. The fourth-order valence-corrected chi connectivity index (χ4v) is 0.850. The highest BCUT2D eigenvalue weighted by atomic mass is 35.5. The lowest BCUT2D eigenvalue weighted by atomic mass is 10.2. The molecule has 1 atom stereocenters. The van der Waals surface area contributed by atoms with Crippen molar-refractivity contribution < 1.29 is 9.63 Å². The van der Waals surface area contributed by atoms with Gasteiger partial charge in [-0.3, -0.25) is 0 Å². The first kappa shape index (κ1) is 7.57. The molecule has 0 aliphatic heterocycles. The molecule has 0 aliphatic carbocycles. The number of aliphatic hydroxyl groups excluding tert-OH is 1. The van der Waals surface area contributed by atoms with E-state index in [1.165, 1.54) is 6.20 Å². The predicted molar refractivity (Wildman–Crippen MR) is 36.8 cm³/mol. The Morgan fingerprint density at radius 1 is 1.80 bits per heavy atom. The first-order valence-electron chi connectivity index (χ1n) is 2.99. The molecule has 3 nitrogen and oxygen atoms in total. The summed E-state index contributed by atoms with van der Waals surface area (Å²) in [4.78, 5) is 0. The number of nitrogens with zero attached hydrogens (tertiary/aromatic N) is 1. The molecule has 0 fully saturated rings. The van der Waals surface area contributed by atoms with Crippen LogP contribution in [0.4, 0.5) is 0 Å². The summed E-state index contributed by atoms with van der Waals surface area (Å²) >= 11 is 5.39. The summed E-state index contributed by atoms with van der Waals surface area (Å²) in [6.07, 6.45) is 1.38. The number of hydrogen-bond acceptors (Lipinski definition) is 3. The fraction of sp³-hybridized carbons (Fsp3) is 0.500. The van der Waals surface area contributed by atoms with Gasteiger partial charge in [0.2, 0.25) is 0 Å². The third-order valence-electron chi connectivity index (χ3n) is 1.17. The second kappa shape index (κ2) is 3.58. The Bertz CT molecular complexity index is 176. The van der Waals surface area contributed by atoms with Gasteiger partial charge in [0.15, 0.2) is 5.76 Å². The lowest BCUT2D eigenvalue weighted by molar-refractivity contribution is 0.136. The molecule has 56 valence electrons. The summed E-state index contributed by atoms with van der Waals surface area (Å²) < 4.78 is 4.69. The van der Waals surface area contributed by atoms with Crippen LogP contribution in [0.2, 0.25) is 0 Å². The van der Waals surface area contributed by atoms with Crippen LogP contribution >= 0.6 is 11.6 Å². The third kappa shape index (κ3) is 1.72. The summed E-state index contributed by atoms with van der Waals surface area (Å²) in [5.74, 6) is 0.891. The number of aromatic nitrogens is 1. The largest absolute Gasteiger partial charge is 0.385 e. The topological polar surface area (TPSA) is 46.3 Å². The maximum absolute atomic E-state index is 9.19. The molecule has 0 radical (unpaired) electrons.